The van der Waals surface area contributed by atoms with E-state index in [1.165, 1.54) is 29.1 Å². The molecule has 0 aliphatic carbocycles. The monoisotopic (exact) mass is 1670 g/mol. The first-order valence-electron chi connectivity index (χ1n) is 33.0. The second-order valence-corrected chi connectivity index (χ2v) is 30.5. The Bertz CT molecular complexity index is 4270. The summed E-state index contributed by atoms with van der Waals surface area (Å²) in [5.74, 6) is 0.312. The van der Waals surface area contributed by atoms with Gasteiger partial charge in [0.05, 0.1) is 146 Å². The van der Waals surface area contributed by atoms with Crippen molar-refractivity contribution in [2.75, 3.05) is 145 Å². The molecule has 24 nitrogen and oxygen atoms in total. The third-order valence-corrected chi connectivity index (χ3v) is 23.5. The summed E-state index contributed by atoms with van der Waals surface area (Å²) in [5.41, 5.74) is 21.1. The van der Waals surface area contributed by atoms with Gasteiger partial charge in [0.2, 0.25) is 0 Å². The second kappa shape index (κ2) is 45.2. The Morgan fingerprint density at radius 1 is 0.514 bits per heavy atom. The smallest absolute Gasteiger partial charge is 0.462 e. The molecule has 5 saturated heterocycles. The van der Waals surface area contributed by atoms with E-state index in [2.05, 4.69) is 46.3 Å². The van der Waals surface area contributed by atoms with Gasteiger partial charge in [-0.1, -0.05) is 145 Å². The van der Waals surface area contributed by atoms with Gasteiger partial charge in [-0.15, -0.1) is 32.9 Å². The summed E-state index contributed by atoms with van der Waals surface area (Å²) in [7, 11) is 0. The van der Waals surface area contributed by atoms with Crippen LogP contribution in [-0.4, -0.2) is 177 Å². The molecule has 0 atom stereocenters. The van der Waals surface area contributed by atoms with Crippen molar-refractivity contribution in [1.82, 2.24) is 40.6 Å². The molecule has 0 bridgehead atoms. The number of aliphatic hydroxyl groups is 1. The molecule has 5 aromatic heterocycles. The maximum Gasteiger partial charge on any atom is 1.00 e. The third-order valence-electron chi connectivity index (χ3n) is 15.9. The Balaban J connectivity index is 0.000000170. The van der Waals surface area contributed by atoms with Crippen molar-refractivity contribution in [2.45, 2.75) is 64.9 Å². The zero-order valence-electron chi connectivity index (χ0n) is 57.4. The van der Waals surface area contributed by atoms with E-state index in [9.17, 15) is 9.90 Å². The van der Waals surface area contributed by atoms with Crippen LogP contribution in [-0.2, 0) is 73.6 Å². The summed E-state index contributed by atoms with van der Waals surface area (Å²) in [6.45, 7) is 16.3. The number of morpholine rings is 4. The van der Waals surface area contributed by atoms with E-state index >= 15 is 0 Å². The minimum atomic E-state index is -0.338. The van der Waals surface area contributed by atoms with E-state index in [0.29, 0.717) is 115 Å². The number of hydrogen-bond donors (Lipinski definition) is 2. The molecule has 10 heterocycles. The number of nitrogens with one attached hydrogen (secondary N) is 1. The van der Waals surface area contributed by atoms with Crippen LogP contribution in [0.2, 0.25) is 40.2 Å². The Kier molecular flexibility index (Phi) is 36.9. The van der Waals surface area contributed by atoms with Crippen LogP contribution in [0, 0.1) is 11.3 Å². The fourth-order valence-corrected chi connectivity index (χ4v) is 16.1. The minimum Gasteiger partial charge on any atom is -0.462 e. The zero-order chi connectivity index (χ0) is 73.7. The van der Waals surface area contributed by atoms with Crippen LogP contribution in [0.5, 0.6) is 0 Å². The molecule has 0 unspecified atom stereocenters. The fraction of sp³-hybridized carbons (Fsp3) is 0.426. The number of tetrazole rings is 1. The first kappa shape index (κ1) is 85.6. The average Bonchev–Trinajstić information content (AvgIpc) is 1.62. The summed E-state index contributed by atoms with van der Waals surface area (Å²) < 4.78 is 31.7. The number of aromatic amines is 1. The summed E-state index contributed by atoms with van der Waals surface area (Å²) in [6.07, 6.45) is 5.97. The predicted molar refractivity (Wildman–Crippen MR) is 416 cm³/mol. The van der Waals surface area contributed by atoms with Crippen molar-refractivity contribution in [3.05, 3.63) is 199 Å². The van der Waals surface area contributed by atoms with Gasteiger partial charge in [-0.05, 0) is 90.6 Å². The van der Waals surface area contributed by atoms with E-state index in [4.69, 9.17) is 157 Å². The largest absolute Gasteiger partial charge is 1.00 e. The van der Waals surface area contributed by atoms with Crippen LogP contribution < -0.4 is 49.2 Å². The average molecular weight is 1680 g/mol. The quantitative estimate of drug-likeness (QED) is 0.0265. The second-order valence-electron chi connectivity index (χ2n) is 23.1. The number of hydrogen-bond acceptors (Lipinski definition) is 24. The van der Waals surface area contributed by atoms with Crippen LogP contribution in [0.15, 0.2) is 72.8 Å². The number of H-pyrrole nitrogens is 1. The van der Waals surface area contributed by atoms with E-state index in [-0.39, 0.29) is 42.1 Å². The molecule has 5 aliphatic heterocycles. The Hall–Kier alpha value is -4.98. The van der Waals surface area contributed by atoms with Crippen molar-refractivity contribution in [3.63, 3.8) is 0 Å². The summed E-state index contributed by atoms with van der Waals surface area (Å²) in [5, 5.41) is 40.9. The van der Waals surface area contributed by atoms with E-state index < -0.39 is 0 Å². The molecule has 105 heavy (non-hydrogen) atoms. The number of ether oxygens (including phenoxy) is 6. The number of aliphatic hydroxyl groups excluding tert-OH is 1. The number of rotatable bonds is 18. The fourth-order valence-electron chi connectivity index (χ4n) is 10.7. The molecule has 554 valence electrons. The van der Waals surface area contributed by atoms with Gasteiger partial charge in [0, 0.05) is 107 Å². The minimum absolute atomic E-state index is 0. The van der Waals surface area contributed by atoms with Crippen LogP contribution in [0.3, 0.4) is 0 Å². The number of halogens is 8. The van der Waals surface area contributed by atoms with Crippen molar-refractivity contribution in [2.24, 2.45) is 0 Å². The van der Waals surface area contributed by atoms with Gasteiger partial charge in [0.25, 0.3) is 0 Å². The number of nitriles is 1. The van der Waals surface area contributed by atoms with Crippen molar-refractivity contribution >= 4 is 165 Å². The number of carbonyl (C=O) groups excluding carboxylic acids is 1. The van der Waals surface area contributed by atoms with Gasteiger partial charge < -0.3 is 64.2 Å². The number of nitrogens with zero attached hydrogens (tertiary/aromatic N) is 15. The molecule has 5 aliphatic rings. The topological polar surface area (TPSA) is 294 Å². The molecule has 0 saturated carbocycles. The standard InChI is InChI=1S/C17H18Cl2N2O3S.C16H16Cl2N6OS.C16H15Cl2N3OS.C15H16Cl2N2O2S.C4H8O.N3.Na/c1-2-24-16(22)15-14(10-11-3-4-12(18)13(19)9-11)20-17(25-15)21-5-7-23-8-6-21;17-11-2-1-10(7-12(11)18)8-13-14(9-15-20-22-23-21-15)26-16(19-13)24-3-5-25-6-4-24;17-12-2-1-11(9-13(12)18)10-14-15(3-4-19)23-16(20-14)21-5-7-22-8-6-21;16-11-2-1-10(7-12(11)17)8-13-14(9-20)22-15(18-13)19-3-5-21-6-4-19;1-2-4-5-3-1;1-3-2;/h3-4,9H,2,5-8,10H2,1H3;1-2,7H,3-6,8-9H2,(H,20,21,22,23);1-2,9H,3,5-8,10H2;1-2,7,20H,3-6,8-9H2;1-4H2;;/q;;;;;-1;+1. The Morgan fingerprint density at radius 3 is 1.18 bits per heavy atom. The van der Waals surface area contributed by atoms with E-state index in [1.807, 2.05) is 48.5 Å². The van der Waals surface area contributed by atoms with Gasteiger partial charge in [0.1, 0.15) is 4.88 Å². The first-order valence-corrected chi connectivity index (χ1v) is 39.3. The number of thiazole rings is 4. The maximum absolute atomic E-state index is 12.3. The Morgan fingerprint density at radius 2 is 0.848 bits per heavy atom. The molecular weight excluding hydrogens is 1600 g/mol. The predicted octanol–water partition coefficient (Wildman–Crippen LogP) is 13.0. The van der Waals surface area contributed by atoms with Crippen LogP contribution in [0.25, 0.3) is 16.0 Å². The van der Waals surface area contributed by atoms with Crippen molar-refractivity contribution < 1.29 is 67.9 Å². The number of esters is 1. The van der Waals surface area contributed by atoms with Gasteiger partial charge in [0.15, 0.2) is 26.4 Å². The molecule has 0 spiro atoms. The summed E-state index contributed by atoms with van der Waals surface area (Å²) in [4.78, 5) is 45.3. The van der Waals surface area contributed by atoms with Gasteiger partial charge in [-0.3, -0.25) is 4.91 Å². The van der Waals surface area contributed by atoms with Crippen molar-refractivity contribution in [3.8, 4) is 6.07 Å². The molecule has 37 heteroatoms. The molecule has 9 aromatic rings. The molecular formula is C68H73Cl8N16NaO8S4. The molecule has 2 N–H and O–H groups in total. The van der Waals surface area contributed by atoms with Crippen LogP contribution >= 0.6 is 138 Å². The van der Waals surface area contributed by atoms with Crippen molar-refractivity contribution in [1.29, 1.82) is 5.26 Å². The van der Waals surface area contributed by atoms with Gasteiger partial charge in [-0.25, -0.2) is 24.7 Å². The molecule has 4 aromatic carbocycles. The van der Waals surface area contributed by atoms with Crippen LogP contribution in [0.4, 0.5) is 20.5 Å². The summed E-state index contributed by atoms with van der Waals surface area (Å²) in [6, 6.07) is 24.5. The maximum atomic E-state index is 12.3. The van der Waals surface area contributed by atoms with E-state index in [1.54, 1.807) is 65.2 Å². The summed E-state index contributed by atoms with van der Waals surface area (Å²) >= 11 is 54.5. The Labute approximate surface area is 686 Å². The number of benzene rings is 4. The van der Waals surface area contributed by atoms with Gasteiger partial charge >= 0.3 is 35.5 Å². The zero-order valence-corrected chi connectivity index (χ0v) is 68.7. The SMILES string of the molecule is C1CCOC1.CCOC(=O)c1sc(N2CCOCC2)nc1Cc1ccc(Cl)c(Cl)c1.Clc1ccc(Cc2nc(N3CCOCC3)sc2Cc2nn[nH]n2)cc1Cl.N#CCc1sc(N2CCOCC2)nc1Cc1ccc(Cl)c(Cl)c1.OCc1sc(N2CCOCC2)nc1Cc1ccc(Cl)c(Cl)c1.[N-]=[N+]=[N-].[Na+]. The normalized spacial score (nSPS) is 14.8. The first-order chi connectivity index (χ1) is 50.5. The molecule has 5 fully saturated rings. The number of carbonyl (C=O) groups is 1. The molecule has 0 radical (unpaired) electrons. The number of anilines is 4. The van der Waals surface area contributed by atoms with Crippen LogP contribution in [0.1, 0.15) is 94.9 Å². The third kappa shape index (κ3) is 26.6. The van der Waals surface area contributed by atoms with E-state index in [0.717, 1.165) is 180 Å². The number of aromatic nitrogens is 8. The molecule has 0 amide bonds. The molecule has 14 rings (SSSR count). The van der Waals surface area contributed by atoms with Gasteiger partial charge in [-0.2, -0.15) is 10.5 Å².